The molecule has 0 bridgehead atoms. The van der Waals surface area contributed by atoms with Crippen molar-refractivity contribution in [2.75, 3.05) is 13.1 Å². The van der Waals surface area contributed by atoms with Crippen molar-refractivity contribution in [2.45, 2.75) is 38.1 Å². The average Bonchev–Trinajstić information content (AvgIpc) is 3.15. The number of nitrogens with one attached hydrogen (secondary N) is 2. The molecule has 0 spiro atoms. The minimum atomic E-state index is -4.54. The number of carbonyl (C=O) groups excluding carboxylic acids is 2. The Morgan fingerprint density at radius 1 is 1.19 bits per heavy atom. The van der Waals surface area contributed by atoms with Gasteiger partial charge in [-0.25, -0.2) is 0 Å². The van der Waals surface area contributed by atoms with Crippen molar-refractivity contribution in [3.63, 3.8) is 0 Å². The molecule has 2 aromatic carbocycles. The number of hydrogen-bond donors (Lipinski definition) is 2. The summed E-state index contributed by atoms with van der Waals surface area (Å²) in [5.41, 5.74) is 0.0616. The molecule has 1 unspecified atom stereocenters. The second kappa shape index (κ2) is 9.70. The first-order valence-corrected chi connectivity index (χ1v) is 10.2. The van der Waals surface area contributed by atoms with Gasteiger partial charge < -0.3 is 10.6 Å². The van der Waals surface area contributed by atoms with Crippen molar-refractivity contribution in [3.05, 3.63) is 70.2 Å². The highest BCUT2D eigenvalue weighted by Gasteiger charge is 2.31. The van der Waals surface area contributed by atoms with Crippen LogP contribution in [0.3, 0.4) is 0 Å². The minimum Gasteiger partial charge on any atom is -0.350 e. The quantitative estimate of drug-likeness (QED) is 0.698. The molecule has 0 radical (unpaired) electrons. The lowest BCUT2D eigenvalue weighted by Gasteiger charge is -2.19. The Kier molecular flexibility index (Phi) is 7.23. The van der Waals surface area contributed by atoms with Gasteiger partial charge in [0.1, 0.15) is 6.04 Å². The number of nitrogens with zero attached hydrogens (tertiary/aromatic N) is 1. The monoisotopic (exact) mass is 453 g/mol. The van der Waals surface area contributed by atoms with Crippen LogP contribution in [0.15, 0.2) is 48.5 Å². The van der Waals surface area contributed by atoms with E-state index in [1.165, 1.54) is 13.0 Å². The minimum absolute atomic E-state index is 0.0623. The van der Waals surface area contributed by atoms with Crippen LogP contribution in [0.25, 0.3) is 0 Å². The van der Waals surface area contributed by atoms with Gasteiger partial charge in [0, 0.05) is 36.3 Å². The lowest BCUT2D eigenvalue weighted by molar-refractivity contribution is -0.137. The van der Waals surface area contributed by atoms with E-state index in [0.29, 0.717) is 11.6 Å². The fourth-order valence-corrected chi connectivity index (χ4v) is 3.58. The van der Waals surface area contributed by atoms with Gasteiger partial charge in [-0.15, -0.1) is 0 Å². The fraction of sp³-hybridized carbons (Fsp3) is 0.364. The van der Waals surface area contributed by atoms with E-state index in [-0.39, 0.29) is 17.5 Å². The predicted octanol–water partition coefficient (Wildman–Crippen LogP) is 3.87. The molecule has 0 aliphatic carbocycles. The summed E-state index contributed by atoms with van der Waals surface area (Å²) in [7, 11) is 0. The van der Waals surface area contributed by atoms with E-state index in [0.717, 1.165) is 43.3 Å². The Balaban J connectivity index is 1.49. The van der Waals surface area contributed by atoms with Gasteiger partial charge in [0.05, 0.1) is 5.56 Å². The van der Waals surface area contributed by atoms with Gasteiger partial charge >= 0.3 is 6.18 Å². The maximum atomic E-state index is 12.8. The van der Waals surface area contributed by atoms with Crippen LogP contribution in [-0.4, -0.2) is 41.9 Å². The number of benzene rings is 2. The molecule has 1 heterocycles. The average molecular weight is 454 g/mol. The van der Waals surface area contributed by atoms with Crippen molar-refractivity contribution in [1.82, 2.24) is 15.5 Å². The van der Waals surface area contributed by atoms with Crippen LogP contribution in [0, 0.1) is 0 Å². The number of rotatable bonds is 6. The molecule has 2 amide bonds. The number of likely N-dealkylation sites (tertiary alicyclic amines) is 1. The van der Waals surface area contributed by atoms with Crippen molar-refractivity contribution >= 4 is 23.4 Å². The second-order valence-electron chi connectivity index (χ2n) is 7.63. The summed E-state index contributed by atoms with van der Waals surface area (Å²) < 4.78 is 38.5. The number of halogens is 4. The number of alkyl halides is 3. The van der Waals surface area contributed by atoms with Crippen molar-refractivity contribution < 1.29 is 22.8 Å². The largest absolute Gasteiger partial charge is 0.416 e. The third-order valence-electron chi connectivity index (χ3n) is 5.13. The van der Waals surface area contributed by atoms with Gasteiger partial charge in [-0.1, -0.05) is 29.8 Å². The normalized spacial score (nSPS) is 17.9. The van der Waals surface area contributed by atoms with E-state index < -0.39 is 23.7 Å². The fourth-order valence-electron chi connectivity index (χ4n) is 3.45. The summed E-state index contributed by atoms with van der Waals surface area (Å²) in [5.74, 6) is -1.11. The molecule has 1 aliphatic rings. The first kappa shape index (κ1) is 23.1. The van der Waals surface area contributed by atoms with Gasteiger partial charge in [0.2, 0.25) is 5.91 Å². The zero-order valence-corrected chi connectivity index (χ0v) is 17.6. The lowest BCUT2D eigenvalue weighted by Crippen LogP contribution is -2.48. The Morgan fingerprint density at radius 2 is 1.90 bits per heavy atom. The van der Waals surface area contributed by atoms with E-state index in [1.54, 1.807) is 0 Å². The van der Waals surface area contributed by atoms with E-state index in [9.17, 15) is 22.8 Å². The molecule has 3 rings (SSSR count). The van der Waals surface area contributed by atoms with E-state index in [1.807, 2.05) is 24.3 Å². The highest BCUT2D eigenvalue weighted by molar-refractivity contribution is 6.30. The van der Waals surface area contributed by atoms with Gasteiger partial charge in [0.15, 0.2) is 0 Å². The van der Waals surface area contributed by atoms with E-state index in [2.05, 4.69) is 15.5 Å². The molecule has 1 saturated heterocycles. The van der Waals surface area contributed by atoms with Gasteiger partial charge in [-0.3, -0.25) is 14.5 Å². The zero-order valence-electron chi connectivity index (χ0n) is 16.9. The van der Waals surface area contributed by atoms with Crippen LogP contribution < -0.4 is 10.6 Å². The first-order valence-electron chi connectivity index (χ1n) is 9.87. The summed E-state index contributed by atoms with van der Waals surface area (Å²) in [5, 5.41) is 6.04. The number of amides is 2. The maximum absolute atomic E-state index is 12.8. The molecule has 2 N–H and O–H groups in total. The molecule has 1 fully saturated rings. The smallest absolute Gasteiger partial charge is 0.350 e. The topological polar surface area (TPSA) is 61.4 Å². The summed E-state index contributed by atoms with van der Waals surface area (Å²) in [6, 6.07) is 10.7. The molecule has 1 aliphatic heterocycles. The van der Waals surface area contributed by atoms with Crippen molar-refractivity contribution in [3.8, 4) is 0 Å². The second-order valence-corrected chi connectivity index (χ2v) is 8.07. The number of carbonyl (C=O) groups is 2. The molecule has 0 aromatic heterocycles. The Hall–Kier alpha value is -2.58. The molecular weight excluding hydrogens is 431 g/mol. The molecule has 2 atom stereocenters. The molecule has 0 saturated carbocycles. The molecule has 166 valence electrons. The zero-order chi connectivity index (χ0) is 22.6. The standard InChI is InChI=1S/C22H23ClF3N3O2/c1-14(27-21(31)16-3-2-4-17(11-16)22(24,25)26)20(30)28-19-9-10-29(13-19)12-15-5-7-18(23)8-6-15/h2-8,11,14,19H,9-10,12-13H2,1H3,(H,27,31)(H,28,30)/t14?,19-/m1/s1. The summed E-state index contributed by atoms with van der Waals surface area (Å²) in [6.07, 6.45) is -3.77. The Labute approximate surface area is 183 Å². The molecular formula is C22H23ClF3N3O2. The SMILES string of the molecule is CC(NC(=O)c1cccc(C(F)(F)F)c1)C(=O)N[C@@H]1CCN(Cc2ccc(Cl)cc2)C1. The van der Waals surface area contributed by atoms with E-state index >= 15 is 0 Å². The van der Waals surface area contributed by atoms with Crippen LogP contribution in [0.1, 0.15) is 34.8 Å². The van der Waals surface area contributed by atoms with Crippen LogP contribution >= 0.6 is 11.6 Å². The third-order valence-corrected chi connectivity index (χ3v) is 5.38. The van der Waals surface area contributed by atoms with Gasteiger partial charge in [-0.05, 0) is 49.2 Å². The van der Waals surface area contributed by atoms with Crippen molar-refractivity contribution in [1.29, 1.82) is 0 Å². The summed E-state index contributed by atoms with van der Waals surface area (Å²) in [6.45, 7) is 3.73. The van der Waals surface area contributed by atoms with E-state index in [4.69, 9.17) is 11.6 Å². The highest BCUT2D eigenvalue weighted by Crippen LogP contribution is 2.29. The molecule has 31 heavy (non-hydrogen) atoms. The first-order chi connectivity index (χ1) is 14.6. The Bertz CT molecular complexity index is 934. The predicted molar refractivity (Wildman–Crippen MR) is 112 cm³/mol. The van der Waals surface area contributed by atoms with Crippen LogP contribution in [0.5, 0.6) is 0 Å². The van der Waals surface area contributed by atoms with Crippen molar-refractivity contribution in [2.24, 2.45) is 0 Å². The highest BCUT2D eigenvalue weighted by atomic mass is 35.5. The summed E-state index contributed by atoms with van der Waals surface area (Å²) in [4.78, 5) is 26.9. The van der Waals surface area contributed by atoms with Gasteiger partial charge in [0.25, 0.3) is 5.91 Å². The van der Waals surface area contributed by atoms with Crippen LogP contribution in [0.2, 0.25) is 5.02 Å². The van der Waals surface area contributed by atoms with Gasteiger partial charge in [-0.2, -0.15) is 13.2 Å². The molecule has 9 heteroatoms. The third kappa shape index (κ3) is 6.45. The lowest BCUT2D eigenvalue weighted by atomic mass is 10.1. The van der Waals surface area contributed by atoms with Crippen LogP contribution in [0.4, 0.5) is 13.2 Å². The van der Waals surface area contributed by atoms with Crippen LogP contribution in [-0.2, 0) is 17.5 Å². The Morgan fingerprint density at radius 3 is 2.58 bits per heavy atom. The number of hydrogen-bond acceptors (Lipinski definition) is 3. The maximum Gasteiger partial charge on any atom is 0.416 e. The molecule has 5 nitrogen and oxygen atoms in total. The summed E-state index contributed by atoms with van der Waals surface area (Å²) >= 11 is 5.90. The molecule has 2 aromatic rings.